The number of anilines is 4. The molecule has 0 radical (unpaired) electrons. The minimum Gasteiger partial charge on any atom is -0.693 e. The van der Waals surface area contributed by atoms with Crippen molar-refractivity contribution in [2.24, 2.45) is 0 Å². The molecule has 3 saturated heterocycles. The Balaban J connectivity index is 0.00000260. The van der Waals surface area contributed by atoms with Crippen LogP contribution < -0.4 is 15.1 Å². The zero-order valence-electron chi connectivity index (χ0n) is 27.7. The van der Waals surface area contributed by atoms with Crippen molar-refractivity contribution in [3.05, 3.63) is 84.7 Å². The van der Waals surface area contributed by atoms with Crippen molar-refractivity contribution in [3.63, 3.8) is 0 Å². The first-order chi connectivity index (χ1) is 22.4. The van der Waals surface area contributed by atoms with Gasteiger partial charge in [0.25, 0.3) is 5.88 Å². The predicted octanol–water partition coefficient (Wildman–Crippen LogP) is 5.08. The van der Waals surface area contributed by atoms with E-state index in [-0.39, 0.29) is 45.0 Å². The third kappa shape index (κ3) is 8.90. The number of piperazine rings is 2. The van der Waals surface area contributed by atoms with Gasteiger partial charge in [0.05, 0.1) is 11.7 Å². The number of thiol groups is 1. The summed E-state index contributed by atoms with van der Waals surface area (Å²) in [5.74, 6) is 0.883. The number of nitrogens with zero attached hydrogens (tertiary/aromatic N) is 7. The van der Waals surface area contributed by atoms with Gasteiger partial charge in [-0.25, -0.2) is 9.97 Å². The maximum Gasteiger partial charge on any atom is 0.255 e. The van der Waals surface area contributed by atoms with Crippen LogP contribution in [0.25, 0.3) is 6.15 Å². The molecule has 1 aromatic heterocycles. The Morgan fingerprint density at radius 2 is 1.67 bits per heavy atom. The third-order valence-corrected chi connectivity index (χ3v) is 9.99. The molecular weight excluding hydrogens is 794 g/mol. The summed E-state index contributed by atoms with van der Waals surface area (Å²) in [5, 5.41) is 14.2. The number of amides is 1. The number of carbonyl (C=O) groups excluding carboxylic acids is 1. The molecule has 4 N–H and O–H groups in total. The predicted molar refractivity (Wildman–Crippen MR) is 194 cm³/mol. The number of nitrogens with one attached hydrogen (secondary N) is 1. The fraction of sp³-hybridized carbons (Fsp3) is 0.457. The summed E-state index contributed by atoms with van der Waals surface area (Å²) in [4.78, 5) is 31.3. The molecule has 3 aromatic rings. The Bertz CT molecular complexity index is 1480. The fourth-order valence-electron chi connectivity index (χ4n) is 6.98. The van der Waals surface area contributed by atoms with E-state index >= 15 is 0 Å². The Hall–Kier alpha value is -3.15. The molecule has 13 heteroatoms. The summed E-state index contributed by atoms with van der Waals surface area (Å²) in [6.45, 7) is 13.8. The van der Waals surface area contributed by atoms with Crippen molar-refractivity contribution in [2.75, 3.05) is 74.0 Å². The molecule has 6 rings (SSSR count). The second-order valence-electron chi connectivity index (χ2n) is 12.4. The molecule has 3 aliphatic heterocycles. The Morgan fingerprint density at radius 1 is 0.979 bits per heavy atom. The summed E-state index contributed by atoms with van der Waals surface area (Å²) < 4.78 is 2.11. The van der Waals surface area contributed by atoms with Gasteiger partial charge in [0.1, 0.15) is 0 Å². The zero-order valence-corrected chi connectivity index (χ0v) is 31.6. The monoisotopic (exact) mass is 842 g/mol. The van der Waals surface area contributed by atoms with Gasteiger partial charge in [-0.05, 0) is 61.6 Å². The Labute approximate surface area is 304 Å². The first kappa shape index (κ1) is 37.7. The fourth-order valence-corrected chi connectivity index (χ4v) is 7.16. The second kappa shape index (κ2) is 17.5. The number of hydrogen-bond acceptors (Lipinski definition) is 10. The molecule has 1 atom stereocenters. The standard InChI is InChI=1S/C35H46N8O2S.H2N.W/c1-3-31-34(43-23-20-41(32(44)4-2)25-30(43)24-26-8-6-5-7-9-26)38-33(35(45)37-31)36-27-10-12-28(13-11-27)39-16-14-29(15-17-39)40-18-21-42(46)22-19-40;;/h4-13,29-30,46H,2-3,14-25H2,1H3,(H,36,38)(H,37,45);1H2;/q;-1;. The Kier molecular flexibility index (Phi) is 13.7. The van der Waals surface area contributed by atoms with Crippen molar-refractivity contribution >= 4 is 41.7 Å². The van der Waals surface area contributed by atoms with Gasteiger partial charge in [0, 0.05) is 97.4 Å². The maximum absolute atomic E-state index is 12.6. The van der Waals surface area contributed by atoms with Gasteiger partial charge in [-0.3, -0.25) is 14.0 Å². The summed E-state index contributed by atoms with van der Waals surface area (Å²) >= 11 is 4.50. The first-order valence-electron chi connectivity index (χ1n) is 16.5. The van der Waals surface area contributed by atoms with E-state index in [0.717, 1.165) is 62.9 Å². The molecule has 0 spiro atoms. The largest absolute Gasteiger partial charge is 0.693 e. The number of carbonyl (C=O) groups is 1. The molecule has 11 nitrogen and oxygen atoms in total. The molecule has 0 saturated carbocycles. The van der Waals surface area contributed by atoms with Crippen molar-refractivity contribution in [3.8, 4) is 5.88 Å². The summed E-state index contributed by atoms with van der Waals surface area (Å²) in [6.07, 6.45) is 5.10. The third-order valence-electron chi connectivity index (χ3n) is 9.59. The smallest absolute Gasteiger partial charge is 0.255 e. The first-order valence-corrected chi connectivity index (χ1v) is 16.9. The van der Waals surface area contributed by atoms with Crippen LogP contribution in [0.1, 0.15) is 31.0 Å². The van der Waals surface area contributed by atoms with E-state index < -0.39 is 0 Å². The molecule has 2 aromatic carbocycles. The van der Waals surface area contributed by atoms with Gasteiger partial charge >= 0.3 is 0 Å². The van der Waals surface area contributed by atoms with Gasteiger partial charge in [0.2, 0.25) is 5.91 Å². The van der Waals surface area contributed by atoms with Gasteiger partial charge in [-0.15, -0.1) is 0 Å². The van der Waals surface area contributed by atoms with Crippen LogP contribution in [0, 0.1) is 0 Å². The molecule has 0 bridgehead atoms. The molecule has 258 valence electrons. The molecule has 0 aliphatic carbocycles. The van der Waals surface area contributed by atoms with Crippen LogP contribution in [-0.2, 0) is 38.7 Å². The van der Waals surface area contributed by atoms with Crippen LogP contribution >= 0.6 is 12.8 Å². The molecular formula is C35H48N9O2SW-. The van der Waals surface area contributed by atoms with Crippen molar-refractivity contribution in [1.82, 2.24) is 24.1 Å². The SMILES string of the molecule is C=CC(=O)N1CCN(c2nc(Nc3ccc(N4CCC(N5CCN(S)CC5)CC4)cc3)c(O)nc2CC)C(Cc2ccccc2)C1.[NH2-].[W]. The number of piperidine rings is 1. The maximum atomic E-state index is 12.6. The van der Waals surface area contributed by atoms with Gasteiger partial charge in [-0.2, -0.15) is 0 Å². The normalized spacial score (nSPS) is 19.3. The molecule has 48 heavy (non-hydrogen) atoms. The van der Waals surface area contributed by atoms with Gasteiger partial charge in [0.15, 0.2) is 11.6 Å². The number of rotatable bonds is 9. The average Bonchev–Trinajstić information content (AvgIpc) is 3.10. The van der Waals surface area contributed by atoms with E-state index in [1.807, 2.05) is 42.2 Å². The number of aryl methyl sites for hydroxylation is 1. The number of hydrogen-bond donors (Lipinski definition) is 3. The number of aromatic hydroxyl groups is 1. The van der Waals surface area contributed by atoms with Gasteiger partial charge < -0.3 is 31.3 Å². The number of aromatic nitrogens is 2. The van der Waals surface area contributed by atoms with Crippen LogP contribution in [0.4, 0.5) is 23.0 Å². The summed E-state index contributed by atoms with van der Waals surface area (Å²) in [5.41, 5.74) is 3.97. The average molecular weight is 843 g/mol. The molecule has 3 aliphatic rings. The number of benzene rings is 2. The van der Waals surface area contributed by atoms with E-state index in [4.69, 9.17) is 4.98 Å². The van der Waals surface area contributed by atoms with Crippen LogP contribution in [0.15, 0.2) is 67.3 Å². The van der Waals surface area contributed by atoms with Crippen molar-refractivity contribution in [2.45, 2.75) is 44.7 Å². The van der Waals surface area contributed by atoms with Crippen LogP contribution in [0.5, 0.6) is 5.88 Å². The van der Waals surface area contributed by atoms with E-state index in [0.29, 0.717) is 37.9 Å². The van der Waals surface area contributed by atoms with E-state index in [1.165, 1.54) is 30.2 Å². The summed E-state index contributed by atoms with van der Waals surface area (Å²) in [6, 6.07) is 19.3. The van der Waals surface area contributed by atoms with E-state index in [1.54, 1.807) is 0 Å². The minimum atomic E-state index is -0.120. The molecule has 1 unspecified atom stereocenters. The molecule has 3 fully saturated rings. The van der Waals surface area contributed by atoms with E-state index in [9.17, 15) is 9.90 Å². The van der Waals surface area contributed by atoms with Crippen LogP contribution in [0.2, 0.25) is 0 Å². The van der Waals surface area contributed by atoms with Crippen LogP contribution in [-0.4, -0.2) is 106 Å². The minimum absolute atomic E-state index is 0. The van der Waals surface area contributed by atoms with E-state index in [2.05, 4.69) is 73.0 Å². The summed E-state index contributed by atoms with van der Waals surface area (Å²) in [7, 11) is 0. The van der Waals surface area contributed by atoms with Crippen LogP contribution in [0.3, 0.4) is 0 Å². The Morgan fingerprint density at radius 3 is 2.31 bits per heavy atom. The quantitative estimate of drug-likeness (QED) is 0.200. The second-order valence-corrected chi connectivity index (χ2v) is 13.0. The van der Waals surface area contributed by atoms with Crippen molar-refractivity contribution < 1.29 is 31.0 Å². The molecule has 1 amide bonds. The number of nitrogens with two attached hydrogens (primary N) is 1. The van der Waals surface area contributed by atoms with Gasteiger partial charge in [-0.1, -0.05) is 56.6 Å². The zero-order chi connectivity index (χ0) is 32.0. The molecule has 4 heterocycles. The topological polar surface area (TPSA) is 125 Å². The van der Waals surface area contributed by atoms with Crippen molar-refractivity contribution in [1.29, 1.82) is 0 Å².